The van der Waals surface area contributed by atoms with Gasteiger partial charge in [0.05, 0.1) is 0 Å². The molecule has 2 aromatic rings. The Morgan fingerprint density at radius 1 is 1.19 bits per heavy atom. The molecule has 0 aliphatic rings. The van der Waals surface area contributed by atoms with E-state index >= 15 is 0 Å². The van der Waals surface area contributed by atoms with E-state index in [4.69, 9.17) is 16.3 Å². The number of hydrogen-bond acceptors (Lipinski definition) is 3. The summed E-state index contributed by atoms with van der Waals surface area (Å²) in [6.07, 6.45) is -0.587. The predicted molar refractivity (Wildman–Crippen MR) is 111 cm³/mol. The van der Waals surface area contributed by atoms with Crippen LogP contribution in [0.15, 0.2) is 42.5 Å². The summed E-state index contributed by atoms with van der Waals surface area (Å²) in [4.78, 5) is 12.2. The van der Waals surface area contributed by atoms with Crippen molar-refractivity contribution in [1.82, 2.24) is 5.32 Å². The molecule has 1 amide bonds. The molecule has 2 rings (SSSR count). The molecule has 0 aliphatic carbocycles. The van der Waals surface area contributed by atoms with Gasteiger partial charge in [0.25, 0.3) is 5.91 Å². The minimum atomic E-state index is -0.587. The van der Waals surface area contributed by atoms with Crippen molar-refractivity contribution >= 4 is 29.3 Å². The molecule has 2 aromatic carbocycles. The quantitative estimate of drug-likeness (QED) is 0.562. The highest BCUT2D eigenvalue weighted by Gasteiger charge is 2.16. The van der Waals surface area contributed by atoms with Crippen molar-refractivity contribution in [3.05, 3.63) is 64.4 Å². The van der Waals surface area contributed by atoms with Crippen LogP contribution >= 0.6 is 23.4 Å². The van der Waals surface area contributed by atoms with Crippen LogP contribution in [0.2, 0.25) is 5.02 Å². The van der Waals surface area contributed by atoms with Crippen LogP contribution in [0.25, 0.3) is 0 Å². The summed E-state index contributed by atoms with van der Waals surface area (Å²) in [5.41, 5.74) is 1.58. The van der Waals surface area contributed by atoms with E-state index in [0.717, 1.165) is 11.3 Å². The van der Waals surface area contributed by atoms with Crippen molar-refractivity contribution in [1.29, 1.82) is 0 Å². The predicted octanol–water partition coefficient (Wildman–Crippen LogP) is 5.42. The van der Waals surface area contributed by atoms with Gasteiger partial charge in [-0.25, -0.2) is 4.39 Å². The van der Waals surface area contributed by atoms with Crippen molar-refractivity contribution < 1.29 is 13.9 Å². The summed E-state index contributed by atoms with van der Waals surface area (Å²) in [6.45, 7) is 6.39. The Bertz CT molecular complexity index is 749. The van der Waals surface area contributed by atoms with Gasteiger partial charge in [0.2, 0.25) is 0 Å². The van der Waals surface area contributed by atoms with Crippen LogP contribution in [-0.2, 0) is 10.5 Å². The van der Waals surface area contributed by atoms with E-state index in [0.29, 0.717) is 34.6 Å². The second kappa shape index (κ2) is 10.6. The lowest BCUT2D eigenvalue weighted by Crippen LogP contribution is -2.37. The molecule has 0 aromatic heterocycles. The van der Waals surface area contributed by atoms with Crippen LogP contribution in [-0.4, -0.2) is 24.3 Å². The van der Waals surface area contributed by atoms with E-state index in [1.807, 2.05) is 24.3 Å². The molecule has 0 radical (unpaired) electrons. The summed E-state index contributed by atoms with van der Waals surface area (Å²) in [6, 6.07) is 12.4. The van der Waals surface area contributed by atoms with E-state index in [2.05, 4.69) is 19.2 Å². The third-order valence-electron chi connectivity index (χ3n) is 4.07. The molecule has 0 saturated carbocycles. The fraction of sp³-hybridized carbons (Fsp3) is 0.381. The molecular weight excluding hydrogens is 385 g/mol. The number of hydrogen-bond donors (Lipinski definition) is 1. The van der Waals surface area contributed by atoms with Gasteiger partial charge < -0.3 is 10.1 Å². The molecule has 3 nitrogen and oxygen atoms in total. The van der Waals surface area contributed by atoms with Crippen molar-refractivity contribution in [2.75, 3.05) is 12.3 Å². The number of halogens is 2. The number of para-hydroxylation sites is 1. The number of thioether (sulfide) groups is 1. The Kier molecular flexibility index (Phi) is 8.45. The smallest absolute Gasteiger partial charge is 0.260 e. The fourth-order valence-corrected chi connectivity index (χ4v) is 3.74. The largest absolute Gasteiger partial charge is 0.481 e. The fourth-order valence-electron chi connectivity index (χ4n) is 2.54. The normalized spacial score (nSPS) is 12.1. The van der Waals surface area contributed by atoms with Gasteiger partial charge in [-0.1, -0.05) is 49.7 Å². The summed E-state index contributed by atoms with van der Waals surface area (Å²) in [7, 11) is 0. The SMILES string of the molecule is CC(Oc1ccccc1C(C)C)C(=O)NCCSCc1c(F)cccc1Cl. The zero-order chi connectivity index (χ0) is 19.8. The Labute approximate surface area is 169 Å². The number of amides is 1. The highest BCUT2D eigenvalue weighted by Crippen LogP contribution is 2.27. The van der Waals surface area contributed by atoms with Crippen molar-refractivity contribution in [2.24, 2.45) is 0 Å². The Hall–Kier alpha value is -1.72. The van der Waals surface area contributed by atoms with Gasteiger partial charge in [-0.3, -0.25) is 4.79 Å². The monoisotopic (exact) mass is 409 g/mol. The number of rotatable bonds is 9. The number of carbonyl (C=O) groups excluding carboxylic acids is 1. The molecule has 1 unspecified atom stereocenters. The van der Waals surface area contributed by atoms with E-state index in [-0.39, 0.29) is 11.7 Å². The Balaban J connectivity index is 1.76. The molecule has 6 heteroatoms. The van der Waals surface area contributed by atoms with Crippen LogP contribution in [0.3, 0.4) is 0 Å². The van der Waals surface area contributed by atoms with Gasteiger partial charge in [-0.2, -0.15) is 11.8 Å². The highest BCUT2D eigenvalue weighted by molar-refractivity contribution is 7.98. The third kappa shape index (κ3) is 6.43. The lowest BCUT2D eigenvalue weighted by molar-refractivity contribution is -0.127. The molecule has 0 heterocycles. The molecule has 1 atom stereocenters. The first-order chi connectivity index (χ1) is 12.9. The number of benzene rings is 2. The molecule has 0 aliphatic heterocycles. The van der Waals surface area contributed by atoms with Crippen LogP contribution < -0.4 is 10.1 Å². The van der Waals surface area contributed by atoms with Crippen LogP contribution in [0.1, 0.15) is 37.8 Å². The molecule has 0 saturated heterocycles. The topological polar surface area (TPSA) is 38.3 Å². The van der Waals surface area contributed by atoms with Crippen molar-refractivity contribution in [3.63, 3.8) is 0 Å². The van der Waals surface area contributed by atoms with Crippen LogP contribution in [0.4, 0.5) is 4.39 Å². The maximum Gasteiger partial charge on any atom is 0.260 e. The zero-order valence-electron chi connectivity index (χ0n) is 15.8. The van der Waals surface area contributed by atoms with Crippen molar-refractivity contribution in [3.8, 4) is 5.75 Å². The van der Waals surface area contributed by atoms with E-state index in [9.17, 15) is 9.18 Å². The summed E-state index contributed by atoms with van der Waals surface area (Å²) in [5.74, 6) is 1.71. The summed E-state index contributed by atoms with van der Waals surface area (Å²) in [5, 5.41) is 3.28. The second-order valence-electron chi connectivity index (χ2n) is 6.50. The lowest BCUT2D eigenvalue weighted by Gasteiger charge is -2.18. The maximum atomic E-state index is 13.7. The van der Waals surface area contributed by atoms with E-state index in [1.54, 1.807) is 19.1 Å². The van der Waals surface area contributed by atoms with Gasteiger partial charge in [-0.15, -0.1) is 0 Å². The van der Waals surface area contributed by atoms with Gasteiger partial charge in [-0.05, 0) is 36.6 Å². The molecule has 146 valence electrons. The lowest BCUT2D eigenvalue weighted by atomic mass is 10.0. The number of nitrogens with one attached hydrogen (secondary N) is 1. The summed E-state index contributed by atoms with van der Waals surface area (Å²) >= 11 is 7.53. The molecular formula is C21H25ClFNO2S. The van der Waals surface area contributed by atoms with Gasteiger partial charge in [0.1, 0.15) is 11.6 Å². The van der Waals surface area contributed by atoms with E-state index in [1.165, 1.54) is 17.8 Å². The molecule has 27 heavy (non-hydrogen) atoms. The third-order valence-corrected chi connectivity index (χ3v) is 5.41. The first-order valence-corrected chi connectivity index (χ1v) is 10.5. The van der Waals surface area contributed by atoms with Crippen LogP contribution in [0, 0.1) is 5.82 Å². The molecule has 0 bridgehead atoms. The first kappa shape index (κ1) is 21.6. The molecule has 0 spiro atoms. The highest BCUT2D eigenvalue weighted by atomic mass is 35.5. The van der Waals surface area contributed by atoms with Crippen molar-refractivity contribution in [2.45, 2.75) is 38.5 Å². The minimum absolute atomic E-state index is 0.168. The summed E-state index contributed by atoms with van der Waals surface area (Å²) < 4.78 is 19.5. The second-order valence-corrected chi connectivity index (χ2v) is 8.01. The Morgan fingerprint density at radius 2 is 1.93 bits per heavy atom. The zero-order valence-corrected chi connectivity index (χ0v) is 17.4. The molecule has 0 fully saturated rings. The van der Waals surface area contributed by atoms with Gasteiger partial charge in [0.15, 0.2) is 6.10 Å². The van der Waals surface area contributed by atoms with Gasteiger partial charge >= 0.3 is 0 Å². The Morgan fingerprint density at radius 3 is 2.63 bits per heavy atom. The maximum absolute atomic E-state index is 13.7. The first-order valence-electron chi connectivity index (χ1n) is 8.94. The average Bonchev–Trinajstić information content (AvgIpc) is 2.63. The molecule has 1 N–H and O–H groups in total. The van der Waals surface area contributed by atoms with Gasteiger partial charge in [0, 0.05) is 28.6 Å². The minimum Gasteiger partial charge on any atom is -0.481 e. The standard InChI is InChI=1S/C21H25ClFNO2S/c1-14(2)16-7-4-5-10-20(16)26-15(3)21(25)24-11-12-27-13-17-18(22)8-6-9-19(17)23/h4-10,14-15H,11-13H2,1-3H3,(H,24,25). The van der Waals surface area contributed by atoms with Crippen LogP contribution in [0.5, 0.6) is 5.75 Å². The number of ether oxygens (including phenoxy) is 1. The number of carbonyl (C=O) groups is 1. The van der Waals surface area contributed by atoms with E-state index < -0.39 is 6.10 Å². The average molecular weight is 410 g/mol.